The molecule has 1 saturated carbocycles. The van der Waals surface area contributed by atoms with Gasteiger partial charge in [-0.2, -0.15) is 0 Å². The summed E-state index contributed by atoms with van der Waals surface area (Å²) in [6.07, 6.45) is 5.10. The number of ketones is 1. The molecule has 0 aliphatic heterocycles. The molecule has 1 aliphatic carbocycles. The zero-order chi connectivity index (χ0) is 13.2. The Morgan fingerprint density at radius 1 is 1.17 bits per heavy atom. The smallest absolute Gasteiger partial charge is 0.194 e. The molecule has 0 spiro atoms. The van der Waals surface area contributed by atoms with Gasteiger partial charge in [-0.1, -0.05) is 37.0 Å². The Kier molecular flexibility index (Phi) is 3.86. The lowest BCUT2D eigenvalue weighted by Crippen LogP contribution is -2.42. The molecule has 0 unspecified atom stereocenters. The molecule has 0 N–H and O–H groups in total. The van der Waals surface area contributed by atoms with Crippen LogP contribution in [0.5, 0.6) is 0 Å². The Hall–Kier alpha value is -1.15. The van der Waals surface area contributed by atoms with E-state index in [1.165, 1.54) is 6.42 Å². The van der Waals surface area contributed by atoms with Crippen LogP contribution in [-0.2, 0) is 4.74 Å². The van der Waals surface area contributed by atoms with Gasteiger partial charge in [-0.05, 0) is 38.3 Å². The van der Waals surface area contributed by atoms with E-state index in [1.807, 2.05) is 32.0 Å². The number of rotatable bonds is 3. The molecule has 1 aromatic rings. The van der Waals surface area contributed by atoms with Gasteiger partial charge in [-0.15, -0.1) is 0 Å². The maximum atomic E-state index is 12.8. The second-order valence-corrected chi connectivity index (χ2v) is 5.41. The molecule has 2 heteroatoms. The van der Waals surface area contributed by atoms with Crippen LogP contribution in [0.25, 0.3) is 0 Å². The third kappa shape index (κ3) is 2.35. The van der Waals surface area contributed by atoms with Gasteiger partial charge in [0.15, 0.2) is 5.78 Å². The summed E-state index contributed by atoms with van der Waals surface area (Å²) >= 11 is 0. The van der Waals surface area contributed by atoms with Gasteiger partial charge in [-0.25, -0.2) is 0 Å². The zero-order valence-corrected chi connectivity index (χ0v) is 11.6. The zero-order valence-electron chi connectivity index (χ0n) is 11.6. The van der Waals surface area contributed by atoms with Crippen LogP contribution in [0.1, 0.15) is 53.6 Å². The predicted molar refractivity (Wildman–Crippen MR) is 73.1 cm³/mol. The summed E-state index contributed by atoms with van der Waals surface area (Å²) in [6, 6.07) is 6.06. The largest absolute Gasteiger partial charge is 0.370 e. The summed E-state index contributed by atoms with van der Waals surface area (Å²) < 4.78 is 5.64. The lowest BCUT2D eigenvalue weighted by atomic mass is 9.78. The molecule has 18 heavy (non-hydrogen) atoms. The number of hydrogen-bond donors (Lipinski definition) is 0. The lowest BCUT2D eigenvalue weighted by molar-refractivity contribution is -0.0194. The van der Waals surface area contributed by atoms with Crippen molar-refractivity contribution < 1.29 is 9.53 Å². The normalized spacial score (nSPS) is 18.6. The highest BCUT2D eigenvalue weighted by Crippen LogP contribution is 2.34. The van der Waals surface area contributed by atoms with Crippen molar-refractivity contribution in [2.24, 2.45) is 0 Å². The summed E-state index contributed by atoms with van der Waals surface area (Å²) in [5, 5.41) is 0. The summed E-state index contributed by atoms with van der Waals surface area (Å²) in [4.78, 5) is 12.8. The average molecular weight is 246 g/mol. The van der Waals surface area contributed by atoms with Gasteiger partial charge in [0.25, 0.3) is 0 Å². The Bertz CT molecular complexity index is 442. The highest BCUT2D eigenvalue weighted by molar-refractivity contribution is 6.03. The topological polar surface area (TPSA) is 26.3 Å². The number of carbonyl (C=O) groups excluding carboxylic acids is 1. The molecule has 2 rings (SSSR count). The van der Waals surface area contributed by atoms with Crippen molar-refractivity contribution in [1.82, 2.24) is 0 Å². The van der Waals surface area contributed by atoms with E-state index in [4.69, 9.17) is 4.74 Å². The van der Waals surface area contributed by atoms with Gasteiger partial charge in [0.05, 0.1) is 0 Å². The predicted octanol–water partition coefficient (Wildman–Crippen LogP) is 3.84. The van der Waals surface area contributed by atoms with Crippen molar-refractivity contribution in [1.29, 1.82) is 0 Å². The van der Waals surface area contributed by atoms with Crippen molar-refractivity contribution in [3.8, 4) is 0 Å². The van der Waals surface area contributed by atoms with Gasteiger partial charge in [0, 0.05) is 12.7 Å². The first-order chi connectivity index (χ1) is 8.59. The number of ether oxygens (including phenoxy) is 1. The van der Waals surface area contributed by atoms with E-state index in [0.717, 1.165) is 42.4 Å². The van der Waals surface area contributed by atoms with E-state index >= 15 is 0 Å². The summed E-state index contributed by atoms with van der Waals surface area (Å²) in [6.45, 7) is 4.02. The Morgan fingerprint density at radius 3 is 2.44 bits per heavy atom. The second kappa shape index (κ2) is 5.23. The monoisotopic (exact) mass is 246 g/mol. The molecular weight excluding hydrogens is 224 g/mol. The molecule has 0 aromatic heterocycles. The van der Waals surface area contributed by atoms with E-state index in [1.54, 1.807) is 7.11 Å². The lowest BCUT2D eigenvalue weighted by Gasteiger charge is -2.34. The average Bonchev–Trinajstić information content (AvgIpc) is 2.41. The molecule has 0 atom stereocenters. The van der Waals surface area contributed by atoms with Crippen LogP contribution < -0.4 is 0 Å². The number of aryl methyl sites for hydroxylation is 2. The van der Waals surface area contributed by atoms with Gasteiger partial charge in [0.2, 0.25) is 0 Å². The van der Waals surface area contributed by atoms with Crippen LogP contribution in [0.15, 0.2) is 18.2 Å². The fourth-order valence-electron chi connectivity index (χ4n) is 2.87. The Labute approximate surface area is 109 Å². The minimum Gasteiger partial charge on any atom is -0.370 e. The van der Waals surface area contributed by atoms with E-state index in [2.05, 4.69) is 0 Å². The molecule has 1 aliphatic rings. The van der Waals surface area contributed by atoms with Gasteiger partial charge in [-0.3, -0.25) is 4.79 Å². The minimum atomic E-state index is -0.573. The fourth-order valence-corrected chi connectivity index (χ4v) is 2.87. The molecule has 0 saturated heterocycles. The van der Waals surface area contributed by atoms with Crippen LogP contribution in [0.2, 0.25) is 0 Å². The quantitative estimate of drug-likeness (QED) is 0.757. The summed E-state index contributed by atoms with van der Waals surface area (Å²) in [5.74, 6) is 0.172. The van der Waals surface area contributed by atoms with Gasteiger partial charge < -0.3 is 4.74 Å². The maximum Gasteiger partial charge on any atom is 0.194 e. The molecule has 0 heterocycles. The number of benzene rings is 1. The first-order valence-corrected chi connectivity index (χ1v) is 6.76. The minimum absolute atomic E-state index is 0.172. The van der Waals surface area contributed by atoms with Crippen LogP contribution in [0, 0.1) is 13.8 Å². The molecule has 0 bridgehead atoms. The first kappa shape index (κ1) is 13.3. The fraction of sp³-hybridized carbons (Fsp3) is 0.562. The number of Topliss-reactive ketones (excluding diaryl/α,β-unsaturated/α-hetero) is 1. The summed E-state index contributed by atoms with van der Waals surface area (Å²) in [5.41, 5.74) is 2.44. The standard InChI is InChI=1S/C16H22O2/c1-12-7-8-13(2)14(11-12)15(17)16(18-3)9-5-4-6-10-16/h7-8,11H,4-6,9-10H2,1-3H3. The second-order valence-electron chi connectivity index (χ2n) is 5.41. The maximum absolute atomic E-state index is 12.8. The molecule has 1 aromatic carbocycles. The highest BCUT2D eigenvalue weighted by atomic mass is 16.5. The first-order valence-electron chi connectivity index (χ1n) is 6.76. The van der Waals surface area contributed by atoms with Crippen molar-refractivity contribution in [3.63, 3.8) is 0 Å². The van der Waals surface area contributed by atoms with E-state index in [-0.39, 0.29) is 5.78 Å². The number of methoxy groups -OCH3 is 1. The molecule has 98 valence electrons. The molecule has 2 nitrogen and oxygen atoms in total. The van der Waals surface area contributed by atoms with Crippen molar-refractivity contribution in [2.75, 3.05) is 7.11 Å². The van der Waals surface area contributed by atoms with Crippen molar-refractivity contribution in [2.45, 2.75) is 51.6 Å². The third-order valence-electron chi connectivity index (χ3n) is 4.10. The SMILES string of the molecule is COC1(C(=O)c2cc(C)ccc2C)CCCCC1. The summed E-state index contributed by atoms with van der Waals surface area (Å²) in [7, 11) is 1.67. The van der Waals surface area contributed by atoms with Crippen LogP contribution in [0.3, 0.4) is 0 Å². The Morgan fingerprint density at radius 2 is 1.83 bits per heavy atom. The molecule has 1 fully saturated rings. The number of carbonyl (C=O) groups is 1. The van der Waals surface area contributed by atoms with Crippen LogP contribution in [0.4, 0.5) is 0 Å². The van der Waals surface area contributed by atoms with Crippen molar-refractivity contribution >= 4 is 5.78 Å². The van der Waals surface area contributed by atoms with Gasteiger partial charge in [0.1, 0.15) is 5.60 Å². The Balaban J connectivity index is 2.36. The number of hydrogen-bond acceptors (Lipinski definition) is 2. The van der Waals surface area contributed by atoms with Gasteiger partial charge >= 0.3 is 0 Å². The van der Waals surface area contributed by atoms with E-state index in [0.29, 0.717) is 0 Å². The highest BCUT2D eigenvalue weighted by Gasteiger charge is 2.40. The van der Waals surface area contributed by atoms with E-state index in [9.17, 15) is 4.79 Å². The van der Waals surface area contributed by atoms with E-state index < -0.39 is 5.60 Å². The third-order valence-corrected chi connectivity index (χ3v) is 4.10. The van der Waals surface area contributed by atoms with Crippen LogP contribution >= 0.6 is 0 Å². The molecule has 0 amide bonds. The molecular formula is C16H22O2. The van der Waals surface area contributed by atoms with Crippen molar-refractivity contribution in [3.05, 3.63) is 34.9 Å². The molecule has 0 radical (unpaired) electrons. The van der Waals surface area contributed by atoms with Crippen LogP contribution in [-0.4, -0.2) is 18.5 Å².